The fourth-order valence-corrected chi connectivity index (χ4v) is 0.756. The molecule has 0 fully saturated rings. The number of nitrogens with one attached hydrogen (secondary N) is 2. The highest BCUT2D eigenvalue weighted by Gasteiger charge is 2.00. The van der Waals surface area contributed by atoms with E-state index in [0.717, 1.165) is 13.0 Å². The van der Waals surface area contributed by atoms with E-state index in [1.54, 1.807) is 0 Å². The van der Waals surface area contributed by atoms with Crippen molar-refractivity contribution in [3.8, 4) is 6.07 Å². The van der Waals surface area contributed by atoms with E-state index in [0.29, 0.717) is 11.4 Å². The molecule has 4 nitrogen and oxygen atoms in total. The fraction of sp³-hybridized carbons (Fsp3) is 0.429. The molecule has 1 rings (SSSR count). The van der Waals surface area contributed by atoms with E-state index in [1.165, 1.54) is 6.20 Å². The van der Waals surface area contributed by atoms with Crippen molar-refractivity contribution in [1.82, 2.24) is 10.2 Å². The highest BCUT2D eigenvalue weighted by molar-refractivity contribution is 5.49. The van der Waals surface area contributed by atoms with Gasteiger partial charge < -0.3 is 5.32 Å². The lowest BCUT2D eigenvalue weighted by atomic mass is 10.3. The maximum absolute atomic E-state index is 8.56. The predicted octanol–water partition coefficient (Wildman–Crippen LogP) is 1.10. The van der Waals surface area contributed by atoms with Gasteiger partial charge in [-0.25, -0.2) is 0 Å². The molecule has 0 spiro atoms. The van der Waals surface area contributed by atoms with Gasteiger partial charge in [-0.05, 0) is 6.42 Å². The normalized spacial score (nSPS) is 9.09. The highest BCUT2D eigenvalue weighted by Crippen LogP contribution is 2.07. The molecule has 2 N–H and O–H groups in total. The summed E-state index contributed by atoms with van der Waals surface area (Å²) in [6.45, 7) is 2.92. The summed E-state index contributed by atoms with van der Waals surface area (Å²) in [4.78, 5) is 0. The molecular weight excluding hydrogens is 140 g/mol. The molecule has 0 atom stereocenters. The van der Waals surface area contributed by atoms with Crippen LogP contribution in [0.4, 0.5) is 5.82 Å². The Morgan fingerprint density at radius 2 is 2.64 bits per heavy atom. The molecule has 4 heteroatoms. The zero-order valence-electron chi connectivity index (χ0n) is 6.39. The molecule has 0 saturated carbocycles. The number of hydrogen-bond donors (Lipinski definition) is 2. The molecule has 0 amide bonds. The van der Waals surface area contributed by atoms with Gasteiger partial charge in [0.15, 0.2) is 0 Å². The van der Waals surface area contributed by atoms with Crippen LogP contribution >= 0.6 is 0 Å². The standard InChI is InChI=1S/C7H10N4/c1-2-3-9-7-6(4-8)5-10-11-7/h5H,2-3H2,1H3,(H2,9,10,11). The van der Waals surface area contributed by atoms with Crippen LogP contribution in [0, 0.1) is 11.3 Å². The van der Waals surface area contributed by atoms with Gasteiger partial charge in [-0.2, -0.15) is 10.4 Å². The lowest BCUT2D eigenvalue weighted by Gasteiger charge is -1.99. The molecule has 0 aromatic carbocycles. The highest BCUT2D eigenvalue weighted by atomic mass is 15.2. The summed E-state index contributed by atoms with van der Waals surface area (Å²) < 4.78 is 0. The second-order valence-electron chi connectivity index (χ2n) is 2.20. The molecule has 0 bridgehead atoms. The molecule has 11 heavy (non-hydrogen) atoms. The van der Waals surface area contributed by atoms with Crippen molar-refractivity contribution in [3.63, 3.8) is 0 Å². The van der Waals surface area contributed by atoms with Crippen LogP contribution in [-0.2, 0) is 0 Å². The van der Waals surface area contributed by atoms with Crippen LogP contribution in [0.3, 0.4) is 0 Å². The van der Waals surface area contributed by atoms with E-state index in [4.69, 9.17) is 5.26 Å². The van der Waals surface area contributed by atoms with Gasteiger partial charge in [-0.1, -0.05) is 6.92 Å². The summed E-state index contributed by atoms with van der Waals surface area (Å²) in [6, 6.07) is 2.03. The molecule has 1 aromatic rings. The topological polar surface area (TPSA) is 64.5 Å². The van der Waals surface area contributed by atoms with Gasteiger partial charge in [0.25, 0.3) is 0 Å². The van der Waals surface area contributed by atoms with Crippen molar-refractivity contribution in [2.24, 2.45) is 0 Å². The Bertz CT molecular complexity index is 258. The van der Waals surface area contributed by atoms with Crippen LogP contribution in [0.1, 0.15) is 18.9 Å². The van der Waals surface area contributed by atoms with Gasteiger partial charge >= 0.3 is 0 Å². The average Bonchev–Trinajstić information content (AvgIpc) is 2.47. The molecule has 58 valence electrons. The third-order valence-corrected chi connectivity index (χ3v) is 1.31. The summed E-state index contributed by atoms with van der Waals surface area (Å²) in [7, 11) is 0. The molecule has 1 aromatic heterocycles. The van der Waals surface area contributed by atoms with Crippen LogP contribution in [0.5, 0.6) is 0 Å². The van der Waals surface area contributed by atoms with Gasteiger partial charge in [0.05, 0.1) is 6.20 Å². The zero-order valence-corrected chi connectivity index (χ0v) is 6.39. The third-order valence-electron chi connectivity index (χ3n) is 1.31. The summed E-state index contributed by atoms with van der Waals surface area (Å²) in [5.74, 6) is 0.717. The fourth-order valence-electron chi connectivity index (χ4n) is 0.756. The molecule has 0 aliphatic carbocycles. The summed E-state index contributed by atoms with van der Waals surface area (Å²) in [5, 5.41) is 18.1. The monoisotopic (exact) mass is 150 g/mol. The first-order valence-electron chi connectivity index (χ1n) is 3.55. The van der Waals surface area contributed by atoms with Crippen molar-refractivity contribution in [2.75, 3.05) is 11.9 Å². The van der Waals surface area contributed by atoms with E-state index in [-0.39, 0.29) is 0 Å². The third kappa shape index (κ3) is 1.71. The van der Waals surface area contributed by atoms with Crippen LogP contribution in [0.2, 0.25) is 0 Å². The molecule has 0 unspecified atom stereocenters. The number of anilines is 1. The molecule has 0 saturated heterocycles. The summed E-state index contributed by atoms with van der Waals surface area (Å²) >= 11 is 0. The maximum atomic E-state index is 8.56. The van der Waals surface area contributed by atoms with Gasteiger partial charge in [0.1, 0.15) is 17.5 Å². The van der Waals surface area contributed by atoms with Crippen molar-refractivity contribution in [1.29, 1.82) is 5.26 Å². The lowest BCUT2D eigenvalue weighted by molar-refractivity contribution is 0.960. The first-order valence-corrected chi connectivity index (χ1v) is 3.55. The number of H-pyrrole nitrogens is 1. The average molecular weight is 150 g/mol. The number of nitrogens with zero attached hydrogens (tertiary/aromatic N) is 2. The van der Waals surface area contributed by atoms with E-state index in [1.807, 2.05) is 6.07 Å². The Hall–Kier alpha value is -1.50. The quantitative estimate of drug-likeness (QED) is 0.678. The van der Waals surface area contributed by atoms with Crippen molar-refractivity contribution >= 4 is 5.82 Å². The van der Waals surface area contributed by atoms with E-state index in [2.05, 4.69) is 22.4 Å². The van der Waals surface area contributed by atoms with Gasteiger partial charge in [-0.15, -0.1) is 0 Å². The largest absolute Gasteiger partial charge is 0.369 e. The Balaban J connectivity index is 2.63. The molecular formula is C7H10N4. The lowest BCUT2D eigenvalue weighted by Crippen LogP contribution is -2.01. The van der Waals surface area contributed by atoms with Crippen molar-refractivity contribution in [2.45, 2.75) is 13.3 Å². The number of rotatable bonds is 3. The van der Waals surface area contributed by atoms with Crippen molar-refractivity contribution < 1.29 is 0 Å². The summed E-state index contributed by atoms with van der Waals surface area (Å²) in [5.41, 5.74) is 0.568. The Morgan fingerprint density at radius 3 is 3.27 bits per heavy atom. The first-order chi connectivity index (χ1) is 5.38. The van der Waals surface area contributed by atoms with Crippen LogP contribution in [-0.4, -0.2) is 16.7 Å². The van der Waals surface area contributed by atoms with E-state index < -0.39 is 0 Å². The molecule has 1 heterocycles. The predicted molar refractivity (Wildman–Crippen MR) is 42.1 cm³/mol. The molecule has 0 aliphatic heterocycles. The molecule has 0 aliphatic rings. The minimum absolute atomic E-state index is 0.568. The van der Waals surface area contributed by atoms with Crippen LogP contribution in [0.15, 0.2) is 6.20 Å². The Labute approximate surface area is 65.2 Å². The van der Waals surface area contributed by atoms with E-state index >= 15 is 0 Å². The Morgan fingerprint density at radius 1 is 1.82 bits per heavy atom. The van der Waals surface area contributed by atoms with Gasteiger partial charge in [0, 0.05) is 6.54 Å². The smallest absolute Gasteiger partial charge is 0.139 e. The maximum Gasteiger partial charge on any atom is 0.139 e. The SMILES string of the molecule is CCCNc1[nH]ncc1C#N. The summed E-state index contributed by atoms with van der Waals surface area (Å²) in [6.07, 6.45) is 2.54. The van der Waals surface area contributed by atoms with Crippen molar-refractivity contribution in [3.05, 3.63) is 11.8 Å². The van der Waals surface area contributed by atoms with Crippen LogP contribution in [0.25, 0.3) is 0 Å². The second kappa shape index (κ2) is 3.62. The Kier molecular flexibility index (Phi) is 2.50. The van der Waals surface area contributed by atoms with Gasteiger partial charge in [0.2, 0.25) is 0 Å². The van der Waals surface area contributed by atoms with Gasteiger partial charge in [-0.3, -0.25) is 5.10 Å². The number of aromatic amines is 1. The minimum atomic E-state index is 0.568. The number of hydrogen-bond acceptors (Lipinski definition) is 3. The van der Waals surface area contributed by atoms with Crippen LogP contribution < -0.4 is 5.32 Å². The number of aromatic nitrogens is 2. The zero-order chi connectivity index (χ0) is 8.10. The number of nitriles is 1. The second-order valence-corrected chi connectivity index (χ2v) is 2.20. The van der Waals surface area contributed by atoms with E-state index in [9.17, 15) is 0 Å². The minimum Gasteiger partial charge on any atom is -0.369 e. The molecule has 0 radical (unpaired) electrons. The first kappa shape index (κ1) is 7.61.